The van der Waals surface area contributed by atoms with Gasteiger partial charge in [-0.25, -0.2) is 25.9 Å². The highest BCUT2D eigenvalue weighted by molar-refractivity contribution is 7.91. The molecule has 0 radical (unpaired) electrons. The molecule has 1 N–H and O–H groups in total. The number of hydrogen-bond acceptors (Lipinski definition) is 4. The summed E-state index contributed by atoms with van der Waals surface area (Å²) in [6, 6.07) is 2.14. The summed E-state index contributed by atoms with van der Waals surface area (Å²) in [7, 11) is -7.80. The fraction of sp³-hybridized carbons (Fsp3) is 0.500. The second-order valence-corrected chi connectivity index (χ2v) is 9.35. The zero-order valence-electron chi connectivity index (χ0n) is 11.8. The molecule has 0 aliphatic rings. The van der Waals surface area contributed by atoms with Crippen LogP contribution in [-0.2, 0) is 19.9 Å². The van der Waals surface area contributed by atoms with Gasteiger partial charge in [0.15, 0.2) is 9.84 Å². The Morgan fingerprint density at radius 3 is 2.29 bits per heavy atom. The van der Waals surface area contributed by atoms with Gasteiger partial charge in [-0.2, -0.15) is 0 Å². The summed E-state index contributed by atoms with van der Waals surface area (Å²) >= 11 is 5.78. The van der Waals surface area contributed by atoms with E-state index < -0.39 is 36.6 Å². The molecule has 2 atom stereocenters. The van der Waals surface area contributed by atoms with Crippen LogP contribution in [0.25, 0.3) is 0 Å². The van der Waals surface area contributed by atoms with Crippen LogP contribution in [0.4, 0.5) is 4.39 Å². The lowest BCUT2D eigenvalue weighted by Crippen LogP contribution is -2.34. The molecule has 1 aromatic rings. The van der Waals surface area contributed by atoms with Crippen molar-refractivity contribution in [1.82, 2.24) is 4.72 Å². The van der Waals surface area contributed by atoms with Crippen molar-refractivity contribution >= 4 is 31.5 Å². The maximum atomic E-state index is 13.7. The van der Waals surface area contributed by atoms with Gasteiger partial charge in [0, 0.05) is 17.7 Å². The molecule has 5 nitrogen and oxygen atoms in total. The van der Waals surface area contributed by atoms with Crippen LogP contribution in [0.2, 0.25) is 0 Å². The van der Waals surface area contributed by atoms with Gasteiger partial charge >= 0.3 is 0 Å². The van der Waals surface area contributed by atoms with Crippen molar-refractivity contribution in [3.63, 3.8) is 0 Å². The van der Waals surface area contributed by atoms with Gasteiger partial charge in [0.25, 0.3) is 0 Å². The van der Waals surface area contributed by atoms with E-state index in [2.05, 4.69) is 4.72 Å². The molecule has 9 heteroatoms. The third-order valence-electron chi connectivity index (χ3n) is 2.66. The molecule has 0 aromatic heterocycles. The zero-order chi connectivity index (χ0) is 16.4. The molecule has 1 aromatic carbocycles. The van der Waals surface area contributed by atoms with E-state index in [9.17, 15) is 21.2 Å². The van der Waals surface area contributed by atoms with Gasteiger partial charge in [0.05, 0.1) is 4.90 Å². The van der Waals surface area contributed by atoms with Crippen LogP contribution in [0.5, 0.6) is 0 Å². The third kappa shape index (κ3) is 5.21. The number of benzene rings is 1. The molecule has 0 aliphatic carbocycles. The number of halogens is 2. The number of rotatable bonds is 6. The Morgan fingerprint density at radius 1 is 1.24 bits per heavy atom. The minimum atomic E-state index is -4.17. The summed E-state index contributed by atoms with van der Waals surface area (Å²) in [5, 5.41) is -0.255. The Morgan fingerprint density at radius 2 is 1.81 bits per heavy atom. The molecule has 0 amide bonds. The minimum Gasteiger partial charge on any atom is -0.224 e. The van der Waals surface area contributed by atoms with Crippen LogP contribution in [0, 0.1) is 5.82 Å². The Hall–Kier alpha value is -0.700. The largest absolute Gasteiger partial charge is 0.243 e. The van der Waals surface area contributed by atoms with E-state index in [1.165, 1.54) is 0 Å². The molecule has 21 heavy (non-hydrogen) atoms. The first kappa shape index (κ1) is 18.3. The molecular formula is C12H17ClFNO4S2. The quantitative estimate of drug-likeness (QED) is 0.623. The van der Waals surface area contributed by atoms with Crippen LogP contribution in [0.15, 0.2) is 28.0 Å². The zero-order valence-corrected chi connectivity index (χ0v) is 14.2. The van der Waals surface area contributed by atoms with Crippen molar-refractivity contribution in [2.75, 3.05) is 6.26 Å². The number of alkyl halides is 1. The lowest BCUT2D eigenvalue weighted by Gasteiger charge is -2.16. The van der Waals surface area contributed by atoms with Crippen LogP contribution in [0.3, 0.4) is 0 Å². The molecular weight excluding hydrogens is 341 g/mol. The van der Waals surface area contributed by atoms with Crippen LogP contribution < -0.4 is 4.72 Å². The normalized spacial score (nSPS) is 15.7. The molecule has 0 aliphatic heterocycles. The van der Waals surface area contributed by atoms with Crippen molar-refractivity contribution in [2.24, 2.45) is 0 Å². The molecule has 1 rings (SSSR count). The molecule has 0 saturated heterocycles. The number of sulfone groups is 1. The van der Waals surface area contributed by atoms with Crippen molar-refractivity contribution in [3.8, 4) is 0 Å². The highest BCUT2D eigenvalue weighted by Crippen LogP contribution is 2.20. The van der Waals surface area contributed by atoms with Gasteiger partial charge in [-0.05, 0) is 38.5 Å². The van der Waals surface area contributed by atoms with Crippen molar-refractivity contribution < 1.29 is 21.2 Å². The van der Waals surface area contributed by atoms with E-state index in [0.29, 0.717) is 6.42 Å². The van der Waals surface area contributed by atoms with Crippen molar-refractivity contribution in [2.45, 2.75) is 41.5 Å². The van der Waals surface area contributed by atoms with E-state index in [-0.39, 0.29) is 10.3 Å². The molecule has 0 spiro atoms. The maximum absolute atomic E-state index is 13.7. The minimum absolute atomic E-state index is 0.255. The SMILES string of the molecule is CC(Cl)CC(C)NS(=O)(=O)c1cc(S(C)(=O)=O)ccc1F. The first-order valence-corrected chi connectivity index (χ1v) is 9.90. The fourth-order valence-electron chi connectivity index (χ4n) is 1.78. The molecule has 0 fully saturated rings. The number of nitrogens with one attached hydrogen (secondary N) is 1. The molecule has 0 bridgehead atoms. The van der Waals surface area contributed by atoms with Crippen LogP contribution in [-0.4, -0.2) is 34.5 Å². The average molecular weight is 358 g/mol. The summed E-state index contributed by atoms with van der Waals surface area (Å²) in [4.78, 5) is -0.956. The van der Waals surface area contributed by atoms with Gasteiger partial charge in [-0.15, -0.1) is 11.6 Å². The highest BCUT2D eigenvalue weighted by Gasteiger charge is 2.24. The fourth-order valence-corrected chi connectivity index (χ4v) is 4.13. The highest BCUT2D eigenvalue weighted by atomic mass is 35.5. The van der Waals surface area contributed by atoms with E-state index >= 15 is 0 Å². The molecule has 120 valence electrons. The average Bonchev–Trinajstić information content (AvgIpc) is 2.25. The van der Waals surface area contributed by atoms with Crippen LogP contribution >= 0.6 is 11.6 Å². The van der Waals surface area contributed by atoms with E-state index in [1.807, 2.05) is 0 Å². The predicted octanol–water partition coefficient (Wildman–Crippen LogP) is 1.91. The van der Waals surface area contributed by atoms with Crippen LogP contribution in [0.1, 0.15) is 20.3 Å². The Labute approximate surface area is 129 Å². The number of hydrogen-bond donors (Lipinski definition) is 1. The van der Waals surface area contributed by atoms with Gasteiger partial charge < -0.3 is 0 Å². The topological polar surface area (TPSA) is 80.3 Å². The summed E-state index contributed by atoms with van der Waals surface area (Å²) in [6.07, 6.45) is 1.27. The van der Waals surface area contributed by atoms with Crippen molar-refractivity contribution in [3.05, 3.63) is 24.0 Å². The summed E-state index contributed by atoms with van der Waals surface area (Å²) in [6.45, 7) is 3.30. The first-order valence-electron chi connectivity index (χ1n) is 6.09. The first-order chi connectivity index (χ1) is 9.43. The summed E-state index contributed by atoms with van der Waals surface area (Å²) in [5.41, 5.74) is 0. The Bertz CT molecular complexity index is 717. The van der Waals surface area contributed by atoms with Gasteiger partial charge in [0.2, 0.25) is 10.0 Å². The van der Waals surface area contributed by atoms with E-state index in [4.69, 9.17) is 11.6 Å². The van der Waals surface area contributed by atoms with Gasteiger partial charge in [0.1, 0.15) is 10.7 Å². The van der Waals surface area contributed by atoms with Crippen molar-refractivity contribution in [1.29, 1.82) is 0 Å². The summed E-state index contributed by atoms with van der Waals surface area (Å²) in [5.74, 6) is -1.01. The molecule has 0 heterocycles. The second kappa shape index (κ2) is 6.60. The van der Waals surface area contributed by atoms with Gasteiger partial charge in [-0.3, -0.25) is 0 Å². The van der Waals surface area contributed by atoms with E-state index in [0.717, 1.165) is 24.5 Å². The van der Waals surface area contributed by atoms with Gasteiger partial charge in [-0.1, -0.05) is 0 Å². The standard InChI is InChI=1S/C12H17ClFNO4S2/c1-8(13)6-9(2)15-21(18,19)12-7-10(20(3,16)17)4-5-11(12)14/h4-5,7-9,15H,6H2,1-3H3. The Kier molecular flexibility index (Phi) is 5.76. The Balaban J connectivity index is 3.19. The molecule has 2 unspecified atom stereocenters. The predicted molar refractivity (Wildman–Crippen MR) is 79.2 cm³/mol. The second-order valence-electron chi connectivity index (χ2n) is 4.90. The maximum Gasteiger partial charge on any atom is 0.243 e. The smallest absolute Gasteiger partial charge is 0.224 e. The van der Waals surface area contributed by atoms with E-state index in [1.54, 1.807) is 13.8 Å². The molecule has 0 saturated carbocycles. The monoisotopic (exact) mass is 357 g/mol. The number of sulfonamides is 1. The lowest BCUT2D eigenvalue weighted by atomic mass is 10.2. The third-order valence-corrected chi connectivity index (χ3v) is 5.55. The summed E-state index contributed by atoms with van der Waals surface area (Å²) < 4.78 is 63.1. The lowest BCUT2D eigenvalue weighted by molar-refractivity contribution is 0.531.